The first kappa shape index (κ1) is 4.79. The van der Waals surface area contributed by atoms with Gasteiger partial charge in [-0.1, -0.05) is 6.08 Å². The molecule has 2 rings (SSSR count). The van der Waals surface area contributed by atoms with E-state index in [9.17, 15) is 0 Å². The van der Waals surface area contributed by atoms with Crippen LogP contribution in [0.1, 0.15) is 17.7 Å². The second-order valence-electron chi connectivity index (χ2n) is 2.25. The van der Waals surface area contributed by atoms with Crippen LogP contribution in [0.3, 0.4) is 0 Å². The van der Waals surface area contributed by atoms with E-state index >= 15 is 0 Å². The Labute approximate surface area is 53.6 Å². The molecule has 1 aromatic heterocycles. The van der Waals surface area contributed by atoms with Gasteiger partial charge in [-0.05, 0) is 24.5 Å². The number of aromatic amines is 1. The van der Waals surface area contributed by atoms with Gasteiger partial charge < -0.3 is 0 Å². The summed E-state index contributed by atoms with van der Waals surface area (Å²) in [6, 6.07) is 0. The van der Waals surface area contributed by atoms with Crippen LogP contribution in [0.4, 0.5) is 0 Å². The van der Waals surface area contributed by atoms with Crippen LogP contribution >= 0.6 is 0 Å². The minimum Gasteiger partial charge on any atom is -0.278 e. The number of fused-ring (bicyclic) bond motifs is 1. The first-order chi connectivity index (χ1) is 4.47. The lowest BCUT2D eigenvalue weighted by molar-refractivity contribution is 0.985. The van der Waals surface area contributed by atoms with Gasteiger partial charge in [-0.15, -0.1) is 0 Å². The van der Waals surface area contributed by atoms with Gasteiger partial charge in [0.25, 0.3) is 0 Å². The largest absolute Gasteiger partial charge is 0.278 e. The molecule has 46 valence electrons. The van der Waals surface area contributed by atoms with Crippen molar-refractivity contribution in [3.05, 3.63) is 23.5 Å². The average Bonchev–Trinajstić information content (AvgIpc) is 2.33. The van der Waals surface area contributed by atoms with Gasteiger partial charge in [-0.25, -0.2) is 0 Å². The number of H-pyrrole nitrogens is 1. The Hall–Kier alpha value is -1.05. The molecule has 0 spiro atoms. The number of hydrogen-bond acceptors (Lipinski definition) is 1. The molecule has 2 heteroatoms. The van der Waals surface area contributed by atoms with Crippen molar-refractivity contribution in [2.45, 2.75) is 12.8 Å². The Bertz CT molecular complexity index is 235. The number of aryl methyl sites for hydroxylation is 1. The van der Waals surface area contributed by atoms with E-state index in [2.05, 4.69) is 22.3 Å². The molecular formula is C7H8N2. The van der Waals surface area contributed by atoms with Crippen molar-refractivity contribution >= 4 is 6.08 Å². The highest BCUT2D eigenvalue weighted by Crippen LogP contribution is 2.14. The van der Waals surface area contributed by atoms with Crippen molar-refractivity contribution in [1.82, 2.24) is 10.2 Å². The third kappa shape index (κ3) is 0.669. The van der Waals surface area contributed by atoms with E-state index in [1.54, 1.807) is 0 Å². The quantitative estimate of drug-likeness (QED) is 0.550. The van der Waals surface area contributed by atoms with Gasteiger partial charge in [0.2, 0.25) is 0 Å². The fourth-order valence-corrected chi connectivity index (χ4v) is 1.10. The lowest BCUT2D eigenvalue weighted by Gasteiger charge is -2.00. The van der Waals surface area contributed by atoms with Gasteiger partial charge in [-0.2, -0.15) is 5.10 Å². The maximum Gasteiger partial charge on any atom is 0.0606 e. The molecule has 0 bridgehead atoms. The first-order valence-electron chi connectivity index (χ1n) is 3.15. The summed E-state index contributed by atoms with van der Waals surface area (Å²) in [5.41, 5.74) is 2.53. The van der Waals surface area contributed by atoms with Crippen molar-refractivity contribution in [2.75, 3.05) is 0 Å². The van der Waals surface area contributed by atoms with Crippen molar-refractivity contribution in [3.63, 3.8) is 0 Å². The smallest absolute Gasteiger partial charge is 0.0606 e. The zero-order chi connectivity index (χ0) is 6.10. The van der Waals surface area contributed by atoms with Gasteiger partial charge >= 0.3 is 0 Å². The fraction of sp³-hybridized carbons (Fsp3) is 0.286. The second-order valence-corrected chi connectivity index (χ2v) is 2.25. The molecule has 9 heavy (non-hydrogen) atoms. The molecule has 0 fully saturated rings. The Morgan fingerprint density at radius 1 is 1.56 bits per heavy atom. The van der Waals surface area contributed by atoms with Crippen LogP contribution in [0, 0.1) is 0 Å². The molecule has 0 amide bonds. The number of rotatable bonds is 0. The molecule has 1 aliphatic carbocycles. The Kier molecular flexibility index (Phi) is 0.918. The number of nitrogens with one attached hydrogen (secondary N) is 1. The highest BCUT2D eigenvalue weighted by molar-refractivity contribution is 5.50. The maximum absolute atomic E-state index is 3.93. The van der Waals surface area contributed by atoms with Crippen LogP contribution in [0.25, 0.3) is 6.08 Å². The van der Waals surface area contributed by atoms with Crippen LogP contribution in [0.5, 0.6) is 0 Å². The highest BCUT2D eigenvalue weighted by atomic mass is 15.1. The molecule has 0 saturated heterocycles. The maximum atomic E-state index is 3.93. The van der Waals surface area contributed by atoms with Gasteiger partial charge in [0.15, 0.2) is 0 Å². The van der Waals surface area contributed by atoms with Crippen LogP contribution in [0.15, 0.2) is 12.3 Å². The number of nitrogens with zero attached hydrogens (tertiary/aromatic N) is 1. The minimum absolute atomic E-state index is 1.14. The number of hydrogen-bond donors (Lipinski definition) is 1. The Morgan fingerprint density at radius 2 is 2.56 bits per heavy atom. The van der Waals surface area contributed by atoms with Crippen molar-refractivity contribution in [3.8, 4) is 0 Å². The summed E-state index contributed by atoms with van der Waals surface area (Å²) in [4.78, 5) is 0. The van der Waals surface area contributed by atoms with E-state index in [0.717, 1.165) is 12.8 Å². The molecule has 0 aliphatic heterocycles. The van der Waals surface area contributed by atoms with Crippen LogP contribution < -0.4 is 0 Å². The van der Waals surface area contributed by atoms with Crippen LogP contribution in [0.2, 0.25) is 0 Å². The van der Waals surface area contributed by atoms with Gasteiger partial charge in [0.1, 0.15) is 0 Å². The summed E-state index contributed by atoms with van der Waals surface area (Å²) in [6.07, 6.45) is 8.46. The summed E-state index contributed by atoms with van der Waals surface area (Å²) in [6.45, 7) is 0. The van der Waals surface area contributed by atoms with Gasteiger partial charge in [-0.3, -0.25) is 5.10 Å². The predicted octanol–water partition coefficient (Wildman–Crippen LogP) is 1.37. The summed E-state index contributed by atoms with van der Waals surface area (Å²) in [5.74, 6) is 0. The molecule has 0 saturated carbocycles. The summed E-state index contributed by atoms with van der Waals surface area (Å²) in [7, 11) is 0. The molecule has 1 aliphatic rings. The van der Waals surface area contributed by atoms with Crippen molar-refractivity contribution in [1.29, 1.82) is 0 Å². The molecule has 0 aromatic carbocycles. The minimum atomic E-state index is 1.14. The van der Waals surface area contributed by atoms with Crippen LogP contribution in [-0.2, 0) is 6.42 Å². The van der Waals surface area contributed by atoms with Crippen LogP contribution in [-0.4, -0.2) is 10.2 Å². The fourth-order valence-electron chi connectivity index (χ4n) is 1.10. The molecule has 0 unspecified atom stereocenters. The molecular weight excluding hydrogens is 112 g/mol. The van der Waals surface area contributed by atoms with E-state index in [4.69, 9.17) is 0 Å². The SMILES string of the molecule is C1=Cc2[nH]ncc2CC1. The normalized spacial score (nSPS) is 15.6. The Morgan fingerprint density at radius 3 is 3.44 bits per heavy atom. The average molecular weight is 120 g/mol. The van der Waals surface area contributed by atoms with Crippen molar-refractivity contribution in [2.24, 2.45) is 0 Å². The van der Waals surface area contributed by atoms with Gasteiger partial charge in [0, 0.05) is 0 Å². The zero-order valence-corrected chi connectivity index (χ0v) is 5.09. The van der Waals surface area contributed by atoms with E-state index in [-0.39, 0.29) is 0 Å². The standard InChI is InChI=1S/C7H8N2/c1-2-4-7-6(3-1)5-8-9-7/h2,4-5H,1,3H2,(H,8,9). The molecule has 1 heterocycles. The van der Waals surface area contributed by atoms with Gasteiger partial charge in [0.05, 0.1) is 11.9 Å². The lowest BCUT2D eigenvalue weighted by atomic mass is 10.1. The molecule has 0 radical (unpaired) electrons. The number of aromatic nitrogens is 2. The van der Waals surface area contributed by atoms with E-state index < -0.39 is 0 Å². The third-order valence-corrected chi connectivity index (χ3v) is 1.62. The monoisotopic (exact) mass is 120 g/mol. The highest BCUT2D eigenvalue weighted by Gasteiger charge is 2.03. The summed E-state index contributed by atoms with van der Waals surface area (Å²) in [5, 5.41) is 6.85. The summed E-state index contributed by atoms with van der Waals surface area (Å²) >= 11 is 0. The molecule has 1 N–H and O–H groups in total. The zero-order valence-electron chi connectivity index (χ0n) is 5.09. The lowest BCUT2D eigenvalue weighted by Crippen LogP contribution is -1.88. The summed E-state index contributed by atoms with van der Waals surface area (Å²) < 4.78 is 0. The molecule has 2 nitrogen and oxygen atoms in total. The first-order valence-corrected chi connectivity index (χ1v) is 3.15. The van der Waals surface area contributed by atoms with E-state index in [1.165, 1.54) is 11.3 Å². The van der Waals surface area contributed by atoms with E-state index in [1.807, 2.05) is 6.20 Å². The second kappa shape index (κ2) is 1.72. The van der Waals surface area contributed by atoms with E-state index in [0.29, 0.717) is 0 Å². The molecule has 0 atom stereocenters. The number of allylic oxidation sites excluding steroid dienone is 1. The predicted molar refractivity (Wildman–Crippen MR) is 35.9 cm³/mol. The third-order valence-electron chi connectivity index (χ3n) is 1.62. The van der Waals surface area contributed by atoms with Crippen molar-refractivity contribution < 1.29 is 0 Å². The Balaban J connectivity index is 2.53. The topological polar surface area (TPSA) is 28.7 Å². The molecule has 1 aromatic rings.